The van der Waals surface area contributed by atoms with Gasteiger partial charge in [-0.1, -0.05) is 0 Å². The van der Waals surface area contributed by atoms with Gasteiger partial charge in [-0.25, -0.2) is 5.43 Å². The minimum Gasteiger partial charge on any atom is -0.493 e. The number of methoxy groups -OCH3 is 2. The predicted octanol–water partition coefficient (Wildman–Crippen LogP) is 1.65. The van der Waals surface area contributed by atoms with Gasteiger partial charge in [0.05, 0.1) is 27.0 Å². The SMILES string of the molecule is COc1ccc(C(=O)NCC(=O)NN=Cc2ccsc2)cc1OC. The van der Waals surface area contributed by atoms with Crippen molar-refractivity contribution in [3.05, 3.63) is 46.2 Å². The summed E-state index contributed by atoms with van der Waals surface area (Å²) in [7, 11) is 3.00. The number of carbonyl (C=O) groups excluding carboxylic acids is 2. The second-order valence-corrected chi connectivity index (χ2v) is 5.38. The number of nitrogens with one attached hydrogen (secondary N) is 2. The van der Waals surface area contributed by atoms with E-state index in [-0.39, 0.29) is 6.54 Å². The molecule has 2 N–H and O–H groups in total. The summed E-state index contributed by atoms with van der Waals surface area (Å²) in [6.07, 6.45) is 1.53. The molecule has 0 atom stereocenters. The summed E-state index contributed by atoms with van der Waals surface area (Å²) in [5, 5.41) is 10.1. The quantitative estimate of drug-likeness (QED) is 0.589. The highest BCUT2D eigenvalue weighted by Crippen LogP contribution is 2.27. The van der Waals surface area contributed by atoms with Crippen LogP contribution in [0.15, 0.2) is 40.1 Å². The van der Waals surface area contributed by atoms with Crippen molar-refractivity contribution in [2.24, 2.45) is 5.10 Å². The van der Waals surface area contributed by atoms with Crippen molar-refractivity contribution in [1.29, 1.82) is 0 Å². The van der Waals surface area contributed by atoms with Crippen LogP contribution < -0.4 is 20.2 Å². The minimum absolute atomic E-state index is 0.186. The molecule has 2 aromatic rings. The van der Waals surface area contributed by atoms with Gasteiger partial charge in [0.1, 0.15) is 0 Å². The third-order valence-electron chi connectivity index (χ3n) is 3.00. The monoisotopic (exact) mass is 347 g/mol. The van der Waals surface area contributed by atoms with Crippen molar-refractivity contribution in [3.8, 4) is 11.5 Å². The third-order valence-corrected chi connectivity index (χ3v) is 3.70. The summed E-state index contributed by atoms with van der Waals surface area (Å²) >= 11 is 1.54. The van der Waals surface area contributed by atoms with Gasteiger partial charge in [-0.3, -0.25) is 9.59 Å². The van der Waals surface area contributed by atoms with E-state index in [2.05, 4.69) is 15.8 Å². The Morgan fingerprint density at radius 1 is 1.21 bits per heavy atom. The van der Waals surface area contributed by atoms with E-state index < -0.39 is 11.8 Å². The molecule has 1 heterocycles. The maximum atomic E-state index is 12.1. The summed E-state index contributed by atoms with van der Waals surface area (Å²) in [4.78, 5) is 23.7. The van der Waals surface area contributed by atoms with Crippen molar-refractivity contribution < 1.29 is 19.1 Å². The van der Waals surface area contributed by atoms with Crippen LogP contribution >= 0.6 is 11.3 Å². The van der Waals surface area contributed by atoms with Gasteiger partial charge >= 0.3 is 0 Å². The number of hydrogen-bond donors (Lipinski definition) is 2. The minimum atomic E-state index is -0.421. The zero-order chi connectivity index (χ0) is 17.4. The van der Waals surface area contributed by atoms with Crippen LogP contribution in [-0.4, -0.2) is 38.8 Å². The number of thiophene rings is 1. The summed E-state index contributed by atoms with van der Waals surface area (Å²) < 4.78 is 10.2. The lowest BCUT2D eigenvalue weighted by Gasteiger charge is -2.09. The van der Waals surface area contributed by atoms with Crippen molar-refractivity contribution in [2.45, 2.75) is 0 Å². The molecule has 0 bridgehead atoms. The lowest BCUT2D eigenvalue weighted by Crippen LogP contribution is -2.34. The van der Waals surface area contributed by atoms with Gasteiger partial charge in [0.15, 0.2) is 11.5 Å². The van der Waals surface area contributed by atoms with E-state index in [1.54, 1.807) is 18.2 Å². The molecule has 0 aliphatic heterocycles. The molecular weight excluding hydrogens is 330 g/mol. The fraction of sp³-hybridized carbons (Fsp3) is 0.188. The molecule has 0 saturated carbocycles. The first kappa shape index (κ1) is 17.5. The van der Waals surface area contributed by atoms with Crippen LogP contribution in [0.2, 0.25) is 0 Å². The first-order valence-electron chi connectivity index (χ1n) is 6.98. The van der Waals surface area contributed by atoms with Crippen molar-refractivity contribution in [3.63, 3.8) is 0 Å². The van der Waals surface area contributed by atoms with Crippen molar-refractivity contribution in [2.75, 3.05) is 20.8 Å². The zero-order valence-electron chi connectivity index (χ0n) is 13.2. The molecule has 126 valence electrons. The van der Waals surface area contributed by atoms with Crippen LogP contribution in [0.3, 0.4) is 0 Å². The van der Waals surface area contributed by atoms with Crippen LogP contribution in [0.4, 0.5) is 0 Å². The van der Waals surface area contributed by atoms with E-state index >= 15 is 0 Å². The summed E-state index contributed by atoms with van der Waals surface area (Å²) in [5.41, 5.74) is 3.61. The Bertz CT molecular complexity index is 729. The lowest BCUT2D eigenvalue weighted by atomic mass is 10.2. The van der Waals surface area contributed by atoms with E-state index in [0.717, 1.165) is 5.56 Å². The van der Waals surface area contributed by atoms with E-state index in [1.165, 1.54) is 31.8 Å². The number of rotatable bonds is 7. The first-order valence-corrected chi connectivity index (χ1v) is 7.92. The fourth-order valence-corrected chi connectivity index (χ4v) is 2.42. The average Bonchev–Trinajstić information content (AvgIpc) is 3.12. The highest BCUT2D eigenvalue weighted by molar-refractivity contribution is 7.08. The summed E-state index contributed by atoms with van der Waals surface area (Å²) in [6.45, 7) is -0.186. The molecule has 2 rings (SSSR count). The molecule has 0 radical (unpaired) electrons. The third kappa shape index (κ3) is 4.82. The Balaban J connectivity index is 1.85. The number of nitrogens with zero attached hydrogens (tertiary/aromatic N) is 1. The molecule has 8 heteroatoms. The zero-order valence-corrected chi connectivity index (χ0v) is 14.1. The molecule has 2 amide bonds. The van der Waals surface area contributed by atoms with Crippen molar-refractivity contribution >= 4 is 29.4 Å². The van der Waals surface area contributed by atoms with Crippen LogP contribution in [0.1, 0.15) is 15.9 Å². The molecule has 0 spiro atoms. The van der Waals surface area contributed by atoms with Crippen LogP contribution in [0.5, 0.6) is 11.5 Å². The van der Waals surface area contributed by atoms with E-state index in [0.29, 0.717) is 17.1 Å². The summed E-state index contributed by atoms with van der Waals surface area (Å²) in [5.74, 6) is 0.146. The van der Waals surface area contributed by atoms with Gasteiger partial charge in [-0.2, -0.15) is 16.4 Å². The van der Waals surface area contributed by atoms with E-state index in [4.69, 9.17) is 9.47 Å². The maximum absolute atomic E-state index is 12.1. The molecule has 24 heavy (non-hydrogen) atoms. The molecule has 0 fully saturated rings. The van der Waals surface area contributed by atoms with E-state index in [1.807, 2.05) is 16.8 Å². The predicted molar refractivity (Wildman–Crippen MR) is 91.9 cm³/mol. The largest absolute Gasteiger partial charge is 0.493 e. The fourth-order valence-electron chi connectivity index (χ4n) is 1.81. The normalized spacial score (nSPS) is 10.4. The Morgan fingerprint density at radius 3 is 2.67 bits per heavy atom. The number of ether oxygens (including phenoxy) is 2. The van der Waals surface area contributed by atoms with Gasteiger partial charge in [-0.15, -0.1) is 0 Å². The Labute approximate surface area is 143 Å². The van der Waals surface area contributed by atoms with Gasteiger partial charge in [0, 0.05) is 11.1 Å². The number of amides is 2. The van der Waals surface area contributed by atoms with Crippen molar-refractivity contribution in [1.82, 2.24) is 10.7 Å². The summed E-state index contributed by atoms with van der Waals surface area (Å²) in [6, 6.07) is 6.63. The van der Waals surface area contributed by atoms with Gasteiger partial charge < -0.3 is 14.8 Å². The molecule has 0 saturated heterocycles. The smallest absolute Gasteiger partial charge is 0.259 e. The van der Waals surface area contributed by atoms with Crippen LogP contribution in [0, 0.1) is 0 Å². The Morgan fingerprint density at radius 2 is 2.00 bits per heavy atom. The maximum Gasteiger partial charge on any atom is 0.259 e. The molecule has 1 aromatic carbocycles. The molecule has 0 unspecified atom stereocenters. The average molecular weight is 347 g/mol. The number of benzene rings is 1. The van der Waals surface area contributed by atoms with Gasteiger partial charge in [0.2, 0.25) is 0 Å². The molecule has 0 aliphatic carbocycles. The Kier molecular flexibility index (Phi) is 6.32. The van der Waals surface area contributed by atoms with Crippen LogP contribution in [-0.2, 0) is 4.79 Å². The molecular formula is C16H17N3O4S. The topological polar surface area (TPSA) is 89.0 Å². The number of hydrogen-bond acceptors (Lipinski definition) is 6. The lowest BCUT2D eigenvalue weighted by molar-refractivity contribution is -0.120. The van der Waals surface area contributed by atoms with Crippen LogP contribution in [0.25, 0.3) is 0 Å². The highest BCUT2D eigenvalue weighted by atomic mass is 32.1. The van der Waals surface area contributed by atoms with Gasteiger partial charge in [-0.05, 0) is 35.0 Å². The number of carbonyl (C=O) groups is 2. The highest BCUT2D eigenvalue weighted by Gasteiger charge is 2.11. The number of hydrazone groups is 1. The second kappa shape index (κ2) is 8.68. The van der Waals surface area contributed by atoms with Gasteiger partial charge in [0.25, 0.3) is 11.8 Å². The second-order valence-electron chi connectivity index (χ2n) is 4.60. The molecule has 7 nitrogen and oxygen atoms in total. The molecule has 0 aliphatic rings. The first-order chi connectivity index (χ1) is 11.6. The Hall–Kier alpha value is -2.87. The van der Waals surface area contributed by atoms with E-state index in [9.17, 15) is 9.59 Å². The standard InChI is InChI=1S/C16H17N3O4S/c1-22-13-4-3-12(7-14(13)23-2)16(21)17-9-15(20)19-18-8-11-5-6-24-10-11/h3-8,10H,9H2,1-2H3,(H,17,21)(H,19,20). The molecule has 1 aromatic heterocycles.